The number of benzene rings is 1. The second kappa shape index (κ2) is 7.13. The van der Waals surface area contributed by atoms with Crippen molar-refractivity contribution in [1.29, 1.82) is 0 Å². The number of nitrogens with zero attached hydrogens (tertiary/aromatic N) is 1. The average molecular weight is 269 g/mol. The third-order valence-corrected chi connectivity index (χ3v) is 3.47. The maximum absolute atomic E-state index is 5.87. The first-order valence-electron chi connectivity index (χ1n) is 6.56. The van der Waals surface area contributed by atoms with E-state index in [1.165, 1.54) is 5.56 Å². The van der Waals surface area contributed by atoms with Crippen LogP contribution < -0.4 is 5.73 Å². The average Bonchev–Trinajstić information content (AvgIpc) is 2.27. The highest BCUT2D eigenvalue weighted by molar-refractivity contribution is 6.30. The van der Waals surface area contributed by atoms with Crippen molar-refractivity contribution in [2.45, 2.75) is 26.7 Å². The molecule has 1 aromatic rings. The van der Waals surface area contributed by atoms with Crippen LogP contribution in [-0.4, -0.2) is 31.6 Å². The minimum absolute atomic E-state index is 0.295. The summed E-state index contributed by atoms with van der Waals surface area (Å²) < 4.78 is 0. The molecule has 0 saturated heterocycles. The minimum atomic E-state index is 0.295. The minimum Gasteiger partial charge on any atom is -0.330 e. The second-order valence-corrected chi connectivity index (χ2v) is 6.25. The van der Waals surface area contributed by atoms with Gasteiger partial charge < -0.3 is 10.6 Å². The summed E-state index contributed by atoms with van der Waals surface area (Å²) in [5.41, 5.74) is 7.27. The van der Waals surface area contributed by atoms with Gasteiger partial charge in [0.15, 0.2) is 0 Å². The van der Waals surface area contributed by atoms with Crippen LogP contribution in [0.1, 0.15) is 25.8 Å². The Labute approximate surface area is 116 Å². The number of halogens is 1. The molecule has 2 nitrogen and oxygen atoms in total. The van der Waals surface area contributed by atoms with Gasteiger partial charge in [-0.3, -0.25) is 0 Å². The molecule has 0 fully saturated rings. The Hall–Kier alpha value is -0.570. The molecule has 0 bridgehead atoms. The summed E-state index contributed by atoms with van der Waals surface area (Å²) >= 11 is 5.87. The summed E-state index contributed by atoms with van der Waals surface area (Å²) in [6.45, 7) is 7.46. The Kier molecular flexibility index (Phi) is 6.13. The highest BCUT2D eigenvalue weighted by Gasteiger charge is 2.18. The van der Waals surface area contributed by atoms with Crippen LogP contribution in [0.5, 0.6) is 0 Å². The highest BCUT2D eigenvalue weighted by Crippen LogP contribution is 2.20. The van der Waals surface area contributed by atoms with Crippen LogP contribution >= 0.6 is 11.6 Å². The molecule has 0 radical (unpaired) electrons. The molecule has 0 aliphatic heterocycles. The van der Waals surface area contributed by atoms with Gasteiger partial charge in [-0.15, -0.1) is 0 Å². The smallest absolute Gasteiger partial charge is 0.0406 e. The number of hydrogen-bond donors (Lipinski definition) is 1. The molecule has 2 N–H and O–H groups in total. The number of likely N-dealkylation sites (N-methyl/N-ethyl adjacent to an activating group) is 1. The predicted octanol–water partition coefficient (Wildman–Crippen LogP) is 3.19. The Morgan fingerprint density at radius 2 is 1.83 bits per heavy atom. The van der Waals surface area contributed by atoms with Crippen LogP contribution in [0, 0.1) is 5.41 Å². The molecule has 3 heteroatoms. The van der Waals surface area contributed by atoms with Gasteiger partial charge in [0.05, 0.1) is 0 Å². The zero-order valence-electron chi connectivity index (χ0n) is 11.7. The van der Waals surface area contributed by atoms with E-state index in [1.807, 2.05) is 12.1 Å². The Morgan fingerprint density at radius 1 is 1.22 bits per heavy atom. The van der Waals surface area contributed by atoms with E-state index in [-0.39, 0.29) is 0 Å². The second-order valence-electron chi connectivity index (χ2n) is 5.82. The quantitative estimate of drug-likeness (QED) is 0.823. The summed E-state index contributed by atoms with van der Waals surface area (Å²) in [4.78, 5) is 2.38. The molecular weight excluding hydrogens is 244 g/mol. The van der Waals surface area contributed by atoms with Crippen molar-refractivity contribution in [3.8, 4) is 0 Å². The summed E-state index contributed by atoms with van der Waals surface area (Å²) in [5, 5.41) is 0.802. The Morgan fingerprint density at radius 3 is 2.39 bits per heavy atom. The third-order valence-electron chi connectivity index (χ3n) is 3.21. The van der Waals surface area contributed by atoms with Crippen molar-refractivity contribution in [3.05, 3.63) is 34.9 Å². The first-order valence-corrected chi connectivity index (χ1v) is 6.94. The number of hydrogen-bond acceptors (Lipinski definition) is 2. The van der Waals surface area contributed by atoms with Gasteiger partial charge >= 0.3 is 0 Å². The fourth-order valence-electron chi connectivity index (χ4n) is 2.25. The summed E-state index contributed by atoms with van der Waals surface area (Å²) in [5.74, 6) is 0. The standard InChI is InChI=1S/C15H25ClN2/c1-15(2,9-10-17)12-18(3)11-8-13-4-6-14(16)7-5-13/h4-7H,8-12,17H2,1-3H3. The molecule has 0 unspecified atom stereocenters. The fourth-order valence-corrected chi connectivity index (χ4v) is 2.38. The third kappa shape index (κ3) is 5.85. The van der Waals surface area contributed by atoms with Crippen molar-refractivity contribution in [2.75, 3.05) is 26.7 Å². The summed E-state index contributed by atoms with van der Waals surface area (Å²) in [6, 6.07) is 8.10. The first-order chi connectivity index (χ1) is 8.43. The van der Waals surface area contributed by atoms with Crippen molar-refractivity contribution in [3.63, 3.8) is 0 Å². The van der Waals surface area contributed by atoms with Gasteiger partial charge in [0.2, 0.25) is 0 Å². The van der Waals surface area contributed by atoms with Crippen LogP contribution in [0.15, 0.2) is 24.3 Å². The molecular formula is C15H25ClN2. The topological polar surface area (TPSA) is 29.3 Å². The molecule has 1 aromatic carbocycles. The molecule has 0 saturated carbocycles. The largest absolute Gasteiger partial charge is 0.330 e. The molecule has 0 heterocycles. The van der Waals surface area contributed by atoms with E-state index < -0.39 is 0 Å². The van der Waals surface area contributed by atoms with Gasteiger partial charge in [-0.2, -0.15) is 0 Å². The summed E-state index contributed by atoms with van der Waals surface area (Å²) in [6.07, 6.45) is 2.13. The van der Waals surface area contributed by atoms with Crippen LogP contribution in [0.4, 0.5) is 0 Å². The van der Waals surface area contributed by atoms with Crippen LogP contribution in [-0.2, 0) is 6.42 Å². The van der Waals surface area contributed by atoms with E-state index in [4.69, 9.17) is 17.3 Å². The van der Waals surface area contributed by atoms with Crippen molar-refractivity contribution < 1.29 is 0 Å². The van der Waals surface area contributed by atoms with Gasteiger partial charge in [0.25, 0.3) is 0 Å². The fraction of sp³-hybridized carbons (Fsp3) is 0.600. The van der Waals surface area contributed by atoms with E-state index in [0.29, 0.717) is 5.41 Å². The monoisotopic (exact) mass is 268 g/mol. The lowest BCUT2D eigenvalue weighted by molar-refractivity contribution is 0.202. The first kappa shape index (κ1) is 15.5. The number of rotatable bonds is 7. The van der Waals surface area contributed by atoms with E-state index in [1.54, 1.807) is 0 Å². The molecule has 0 aliphatic rings. The van der Waals surface area contributed by atoms with Crippen LogP contribution in [0.2, 0.25) is 5.02 Å². The summed E-state index contributed by atoms with van der Waals surface area (Å²) in [7, 11) is 2.17. The lowest BCUT2D eigenvalue weighted by Crippen LogP contribution is -2.34. The highest BCUT2D eigenvalue weighted by atomic mass is 35.5. The molecule has 0 aliphatic carbocycles. The van der Waals surface area contributed by atoms with Crippen LogP contribution in [0.3, 0.4) is 0 Å². The maximum atomic E-state index is 5.87. The van der Waals surface area contributed by atoms with Crippen molar-refractivity contribution in [2.24, 2.45) is 11.1 Å². The van der Waals surface area contributed by atoms with Crippen molar-refractivity contribution in [1.82, 2.24) is 4.90 Å². The molecule has 18 heavy (non-hydrogen) atoms. The number of nitrogens with two attached hydrogens (primary N) is 1. The van der Waals surface area contributed by atoms with E-state index >= 15 is 0 Å². The Bertz CT molecular complexity index is 346. The lowest BCUT2D eigenvalue weighted by atomic mass is 9.89. The van der Waals surface area contributed by atoms with Gasteiger partial charge in [-0.1, -0.05) is 37.6 Å². The predicted molar refractivity (Wildman–Crippen MR) is 80.1 cm³/mol. The lowest BCUT2D eigenvalue weighted by Gasteiger charge is -2.30. The molecule has 1 rings (SSSR count). The van der Waals surface area contributed by atoms with E-state index in [9.17, 15) is 0 Å². The molecule has 0 atom stereocenters. The molecule has 0 aromatic heterocycles. The van der Waals surface area contributed by atoms with Gasteiger partial charge in [-0.25, -0.2) is 0 Å². The van der Waals surface area contributed by atoms with Gasteiger partial charge in [0.1, 0.15) is 0 Å². The SMILES string of the molecule is CN(CCc1ccc(Cl)cc1)CC(C)(C)CCN. The molecule has 0 spiro atoms. The van der Waals surface area contributed by atoms with E-state index in [2.05, 4.69) is 37.9 Å². The van der Waals surface area contributed by atoms with Crippen LogP contribution in [0.25, 0.3) is 0 Å². The zero-order chi connectivity index (χ0) is 13.6. The van der Waals surface area contributed by atoms with E-state index in [0.717, 1.165) is 37.5 Å². The Balaban J connectivity index is 2.37. The van der Waals surface area contributed by atoms with Crippen molar-refractivity contribution >= 4 is 11.6 Å². The maximum Gasteiger partial charge on any atom is 0.0406 e. The van der Waals surface area contributed by atoms with Gasteiger partial charge in [-0.05, 0) is 49.5 Å². The molecule has 0 amide bonds. The van der Waals surface area contributed by atoms with Gasteiger partial charge in [0, 0.05) is 18.1 Å². The normalized spacial score (nSPS) is 12.1. The molecule has 102 valence electrons. The zero-order valence-corrected chi connectivity index (χ0v) is 12.5.